The monoisotopic (exact) mass is 231 g/mol. The number of nitrogens with one attached hydrogen (secondary N) is 2. The molecule has 7 nitrogen and oxygen atoms in total. The van der Waals surface area contributed by atoms with Crippen molar-refractivity contribution >= 4 is 11.8 Å². The zero-order valence-electron chi connectivity index (χ0n) is 9.38. The summed E-state index contributed by atoms with van der Waals surface area (Å²) in [6, 6.07) is 1.84. The van der Waals surface area contributed by atoms with Crippen molar-refractivity contribution in [1.29, 1.82) is 0 Å². The number of hydrogen-bond donors (Lipinski definition) is 3. The first-order valence-corrected chi connectivity index (χ1v) is 5.08. The Bertz CT molecular complexity index is 485. The van der Waals surface area contributed by atoms with Crippen LogP contribution in [0.3, 0.4) is 0 Å². The molecule has 0 radical (unpaired) electrons. The Balaban J connectivity index is 2.08. The molecule has 0 aliphatic carbocycles. The van der Waals surface area contributed by atoms with Gasteiger partial charge in [-0.25, -0.2) is 20.8 Å². The number of hydrazine groups is 1. The molecule has 0 unspecified atom stereocenters. The van der Waals surface area contributed by atoms with E-state index in [-0.39, 0.29) is 0 Å². The quantitative estimate of drug-likeness (QED) is 0.519. The van der Waals surface area contributed by atoms with Gasteiger partial charge in [-0.2, -0.15) is 4.98 Å². The van der Waals surface area contributed by atoms with Crippen LogP contribution in [-0.2, 0) is 6.54 Å². The Kier molecular flexibility index (Phi) is 3.41. The second-order valence-corrected chi connectivity index (χ2v) is 3.42. The molecule has 0 atom stereocenters. The van der Waals surface area contributed by atoms with Crippen LogP contribution in [0.4, 0.5) is 11.8 Å². The lowest BCUT2D eigenvalue weighted by molar-refractivity contribution is 0.983. The highest BCUT2D eigenvalue weighted by molar-refractivity contribution is 5.46. The van der Waals surface area contributed by atoms with Gasteiger partial charge in [-0.15, -0.1) is 0 Å². The van der Waals surface area contributed by atoms with E-state index in [1.165, 1.54) is 6.33 Å². The van der Waals surface area contributed by atoms with Crippen LogP contribution < -0.4 is 16.6 Å². The summed E-state index contributed by atoms with van der Waals surface area (Å²) >= 11 is 0. The summed E-state index contributed by atoms with van der Waals surface area (Å²) in [7, 11) is 0. The first kappa shape index (κ1) is 11.2. The summed E-state index contributed by atoms with van der Waals surface area (Å²) in [5, 5.41) is 3.17. The molecule has 0 amide bonds. The van der Waals surface area contributed by atoms with Gasteiger partial charge in [0.25, 0.3) is 0 Å². The Labute approximate surface area is 98.5 Å². The Morgan fingerprint density at radius 3 is 2.94 bits per heavy atom. The van der Waals surface area contributed by atoms with E-state index in [4.69, 9.17) is 5.84 Å². The van der Waals surface area contributed by atoms with Gasteiger partial charge in [0.1, 0.15) is 12.1 Å². The second-order valence-electron chi connectivity index (χ2n) is 3.42. The molecule has 0 saturated heterocycles. The molecule has 2 heterocycles. The van der Waals surface area contributed by atoms with Crippen molar-refractivity contribution in [3.8, 4) is 0 Å². The zero-order chi connectivity index (χ0) is 12.1. The molecule has 88 valence electrons. The van der Waals surface area contributed by atoms with E-state index in [2.05, 4.69) is 30.7 Å². The molecular formula is C10H13N7. The van der Waals surface area contributed by atoms with Crippen LogP contribution in [0.5, 0.6) is 0 Å². The molecule has 2 aromatic rings. The summed E-state index contributed by atoms with van der Waals surface area (Å²) in [5.41, 5.74) is 4.24. The number of nitrogen functional groups attached to an aromatic ring is 1. The highest BCUT2D eigenvalue weighted by Crippen LogP contribution is 2.12. The van der Waals surface area contributed by atoms with Crippen molar-refractivity contribution in [3.05, 3.63) is 36.0 Å². The predicted octanol–water partition coefficient (Wildman–Crippen LogP) is 0.473. The minimum Gasteiger partial charge on any atom is -0.364 e. The fourth-order valence-corrected chi connectivity index (χ4v) is 1.29. The van der Waals surface area contributed by atoms with Gasteiger partial charge in [0.2, 0.25) is 5.95 Å². The minimum absolute atomic E-state index is 0.376. The Hall–Kier alpha value is -2.28. The first-order chi connectivity index (χ1) is 8.29. The van der Waals surface area contributed by atoms with E-state index in [0.29, 0.717) is 12.5 Å². The average molecular weight is 231 g/mol. The van der Waals surface area contributed by atoms with E-state index in [9.17, 15) is 0 Å². The highest BCUT2D eigenvalue weighted by Gasteiger charge is 2.02. The molecule has 7 heteroatoms. The number of rotatable bonds is 4. The highest BCUT2D eigenvalue weighted by atomic mass is 15.3. The van der Waals surface area contributed by atoms with Crippen LogP contribution >= 0.6 is 0 Å². The van der Waals surface area contributed by atoms with Crippen LogP contribution in [0.15, 0.2) is 24.8 Å². The molecule has 2 rings (SSSR count). The van der Waals surface area contributed by atoms with Crippen LogP contribution in [-0.4, -0.2) is 19.9 Å². The van der Waals surface area contributed by atoms with Gasteiger partial charge in [-0.1, -0.05) is 0 Å². The number of nitrogens with zero attached hydrogens (tertiary/aromatic N) is 4. The molecular weight excluding hydrogens is 218 g/mol. The van der Waals surface area contributed by atoms with Crippen molar-refractivity contribution in [2.45, 2.75) is 13.5 Å². The molecule has 17 heavy (non-hydrogen) atoms. The van der Waals surface area contributed by atoms with Crippen molar-refractivity contribution in [2.75, 3.05) is 10.7 Å². The number of nitrogens with two attached hydrogens (primary N) is 1. The number of aryl methyl sites for hydroxylation is 1. The molecule has 4 N–H and O–H groups in total. The second kappa shape index (κ2) is 5.17. The summed E-state index contributed by atoms with van der Waals surface area (Å²) in [6.45, 7) is 2.49. The largest absolute Gasteiger partial charge is 0.364 e. The summed E-state index contributed by atoms with van der Waals surface area (Å²) in [6.07, 6.45) is 4.91. The molecule has 0 saturated carbocycles. The van der Waals surface area contributed by atoms with E-state index >= 15 is 0 Å². The minimum atomic E-state index is 0.376. The van der Waals surface area contributed by atoms with Gasteiger partial charge in [0.15, 0.2) is 0 Å². The zero-order valence-corrected chi connectivity index (χ0v) is 9.38. The number of aromatic nitrogens is 4. The van der Waals surface area contributed by atoms with E-state index in [0.717, 1.165) is 17.1 Å². The average Bonchev–Trinajstić information content (AvgIpc) is 2.39. The van der Waals surface area contributed by atoms with Crippen LogP contribution in [0.25, 0.3) is 0 Å². The van der Waals surface area contributed by atoms with Gasteiger partial charge in [0.05, 0.1) is 12.2 Å². The van der Waals surface area contributed by atoms with Crippen molar-refractivity contribution < 1.29 is 0 Å². The normalized spacial score (nSPS) is 10.0. The van der Waals surface area contributed by atoms with Gasteiger partial charge < -0.3 is 5.32 Å². The molecule has 0 aromatic carbocycles. The van der Waals surface area contributed by atoms with Crippen molar-refractivity contribution in [3.63, 3.8) is 0 Å². The SMILES string of the molecule is Cc1cnc(NN)nc1NCc1ccncn1. The lowest BCUT2D eigenvalue weighted by Gasteiger charge is -2.08. The maximum absolute atomic E-state index is 5.25. The number of anilines is 2. The molecule has 0 aliphatic heterocycles. The van der Waals surface area contributed by atoms with E-state index in [1.807, 2.05) is 13.0 Å². The molecule has 0 fully saturated rings. The molecule has 0 spiro atoms. The molecule has 2 aromatic heterocycles. The Morgan fingerprint density at radius 1 is 1.35 bits per heavy atom. The third kappa shape index (κ3) is 2.85. The van der Waals surface area contributed by atoms with E-state index in [1.54, 1.807) is 12.4 Å². The van der Waals surface area contributed by atoms with Gasteiger partial charge >= 0.3 is 0 Å². The van der Waals surface area contributed by atoms with E-state index < -0.39 is 0 Å². The lowest BCUT2D eigenvalue weighted by Crippen LogP contribution is -2.12. The van der Waals surface area contributed by atoms with Crippen LogP contribution in [0.1, 0.15) is 11.3 Å². The molecule has 0 bridgehead atoms. The topological polar surface area (TPSA) is 102 Å². The van der Waals surface area contributed by atoms with Crippen molar-refractivity contribution in [1.82, 2.24) is 19.9 Å². The smallest absolute Gasteiger partial charge is 0.239 e. The van der Waals surface area contributed by atoms with Crippen LogP contribution in [0, 0.1) is 6.92 Å². The fourth-order valence-electron chi connectivity index (χ4n) is 1.29. The Morgan fingerprint density at radius 2 is 2.24 bits per heavy atom. The standard InChI is InChI=1S/C10H13N7/c1-7-4-14-10(17-11)16-9(7)13-5-8-2-3-12-6-15-8/h2-4,6H,5,11H2,1H3,(H2,13,14,16,17). The fraction of sp³-hybridized carbons (Fsp3) is 0.200. The van der Waals surface area contributed by atoms with Gasteiger partial charge in [0, 0.05) is 18.0 Å². The van der Waals surface area contributed by atoms with Gasteiger partial charge in [-0.05, 0) is 13.0 Å². The maximum atomic E-state index is 5.25. The summed E-state index contributed by atoms with van der Waals surface area (Å²) in [5.74, 6) is 6.36. The maximum Gasteiger partial charge on any atom is 0.239 e. The first-order valence-electron chi connectivity index (χ1n) is 5.08. The third-order valence-corrected chi connectivity index (χ3v) is 2.18. The summed E-state index contributed by atoms with van der Waals surface area (Å²) in [4.78, 5) is 16.2. The van der Waals surface area contributed by atoms with Crippen molar-refractivity contribution in [2.24, 2.45) is 5.84 Å². The summed E-state index contributed by atoms with van der Waals surface area (Å²) < 4.78 is 0. The molecule has 0 aliphatic rings. The van der Waals surface area contributed by atoms with Crippen LogP contribution in [0.2, 0.25) is 0 Å². The lowest BCUT2D eigenvalue weighted by atomic mass is 10.3. The predicted molar refractivity (Wildman–Crippen MR) is 63.9 cm³/mol. The third-order valence-electron chi connectivity index (χ3n) is 2.18. The van der Waals surface area contributed by atoms with Gasteiger partial charge in [-0.3, -0.25) is 5.43 Å². The number of hydrogen-bond acceptors (Lipinski definition) is 7.